The second-order valence-corrected chi connectivity index (χ2v) is 4.21. The van der Waals surface area contributed by atoms with Crippen LogP contribution in [0.15, 0.2) is 18.2 Å². The van der Waals surface area contributed by atoms with Crippen LogP contribution in [0, 0.1) is 0 Å². The molecule has 1 amide bonds. The van der Waals surface area contributed by atoms with Crippen molar-refractivity contribution in [3.8, 4) is 11.5 Å². The lowest BCUT2D eigenvalue weighted by Crippen LogP contribution is -2.27. The van der Waals surface area contributed by atoms with Crippen molar-refractivity contribution in [2.24, 2.45) is 0 Å². The molecule has 1 aromatic carbocycles. The minimum absolute atomic E-state index is 0.208. The van der Waals surface area contributed by atoms with Crippen molar-refractivity contribution >= 4 is 5.91 Å². The number of methoxy groups -OCH3 is 2. The van der Waals surface area contributed by atoms with E-state index < -0.39 is 0 Å². The van der Waals surface area contributed by atoms with E-state index >= 15 is 0 Å². The first kappa shape index (κ1) is 15.3. The molecule has 0 aromatic heterocycles. The first-order chi connectivity index (χ1) is 9.10. The summed E-state index contributed by atoms with van der Waals surface area (Å²) in [6.45, 7) is 2.34. The zero-order valence-corrected chi connectivity index (χ0v) is 11.6. The van der Waals surface area contributed by atoms with Gasteiger partial charge in [-0.25, -0.2) is 0 Å². The molecule has 0 aliphatic heterocycles. The van der Waals surface area contributed by atoms with Crippen LogP contribution in [-0.4, -0.2) is 37.9 Å². The molecule has 0 saturated heterocycles. The van der Waals surface area contributed by atoms with Crippen LogP contribution in [0.25, 0.3) is 0 Å². The fraction of sp³-hybridized carbons (Fsp3) is 0.500. The highest BCUT2D eigenvalue weighted by Crippen LogP contribution is 2.22. The molecule has 5 nitrogen and oxygen atoms in total. The van der Waals surface area contributed by atoms with Crippen LogP contribution in [0.1, 0.15) is 30.1 Å². The number of aliphatic hydroxyl groups excluding tert-OH is 1. The van der Waals surface area contributed by atoms with Gasteiger partial charge in [0.05, 0.1) is 20.3 Å². The Kier molecular flexibility index (Phi) is 6.15. The van der Waals surface area contributed by atoms with Gasteiger partial charge in [0.2, 0.25) is 0 Å². The van der Waals surface area contributed by atoms with Gasteiger partial charge in [0, 0.05) is 18.2 Å². The summed E-state index contributed by atoms with van der Waals surface area (Å²) in [5, 5.41) is 12.2. The predicted octanol–water partition coefficient (Wildman–Crippen LogP) is 1.59. The van der Waals surface area contributed by atoms with Gasteiger partial charge in [-0.3, -0.25) is 4.79 Å². The number of carbonyl (C=O) groups excluding carboxylic acids is 1. The number of hydrogen-bond acceptors (Lipinski definition) is 4. The smallest absolute Gasteiger partial charge is 0.251 e. The van der Waals surface area contributed by atoms with Crippen LogP contribution in [0.2, 0.25) is 0 Å². The first-order valence-corrected chi connectivity index (χ1v) is 6.30. The van der Waals surface area contributed by atoms with Crippen molar-refractivity contribution in [2.75, 3.05) is 20.8 Å². The van der Waals surface area contributed by atoms with Crippen LogP contribution in [0.3, 0.4) is 0 Å². The average Bonchev–Trinajstić information content (AvgIpc) is 2.46. The Balaban J connectivity index is 2.65. The summed E-state index contributed by atoms with van der Waals surface area (Å²) >= 11 is 0. The number of amides is 1. The Morgan fingerprint density at radius 3 is 2.32 bits per heavy atom. The largest absolute Gasteiger partial charge is 0.497 e. The maximum absolute atomic E-state index is 11.9. The van der Waals surface area contributed by atoms with Gasteiger partial charge in [0.1, 0.15) is 11.5 Å². The van der Waals surface area contributed by atoms with Crippen molar-refractivity contribution in [1.29, 1.82) is 0 Å². The Morgan fingerprint density at radius 2 is 1.84 bits per heavy atom. The highest BCUT2D eigenvalue weighted by Gasteiger charge is 2.10. The normalized spacial score (nSPS) is 11.8. The standard InChI is InChI=1S/C14H21NO4/c1-4-11(16)5-6-15-14(17)10-7-12(18-2)9-13(8-10)19-3/h7-9,11,16H,4-6H2,1-3H3,(H,15,17). The van der Waals surface area contributed by atoms with Gasteiger partial charge in [-0.05, 0) is 25.0 Å². The zero-order valence-electron chi connectivity index (χ0n) is 11.6. The van der Waals surface area contributed by atoms with E-state index in [0.717, 1.165) is 0 Å². The Bertz CT molecular complexity index is 398. The molecule has 0 fully saturated rings. The van der Waals surface area contributed by atoms with Gasteiger partial charge in [-0.2, -0.15) is 0 Å². The highest BCUT2D eigenvalue weighted by molar-refractivity contribution is 5.95. The van der Waals surface area contributed by atoms with Gasteiger partial charge in [0.15, 0.2) is 0 Å². The molecule has 2 N–H and O–H groups in total. The van der Waals surface area contributed by atoms with E-state index in [1.54, 1.807) is 18.2 Å². The number of carbonyl (C=O) groups is 1. The molecule has 19 heavy (non-hydrogen) atoms. The number of nitrogens with one attached hydrogen (secondary N) is 1. The molecule has 1 unspecified atom stereocenters. The van der Waals surface area contributed by atoms with E-state index in [1.807, 2.05) is 6.92 Å². The zero-order chi connectivity index (χ0) is 14.3. The fourth-order valence-electron chi connectivity index (χ4n) is 1.60. The molecule has 1 rings (SSSR count). The molecule has 0 aliphatic rings. The van der Waals surface area contributed by atoms with Crippen LogP contribution in [0.4, 0.5) is 0 Å². The summed E-state index contributed by atoms with van der Waals surface area (Å²) < 4.78 is 10.2. The quantitative estimate of drug-likeness (QED) is 0.787. The van der Waals surface area contributed by atoms with Crippen LogP contribution in [-0.2, 0) is 0 Å². The molecule has 5 heteroatoms. The molecule has 1 aromatic rings. The second-order valence-electron chi connectivity index (χ2n) is 4.21. The lowest BCUT2D eigenvalue weighted by molar-refractivity contribution is 0.0941. The molecule has 0 radical (unpaired) electrons. The lowest BCUT2D eigenvalue weighted by atomic mass is 10.1. The monoisotopic (exact) mass is 267 g/mol. The van der Waals surface area contributed by atoms with Crippen molar-refractivity contribution < 1.29 is 19.4 Å². The number of ether oxygens (including phenoxy) is 2. The predicted molar refractivity (Wildman–Crippen MR) is 72.8 cm³/mol. The number of aliphatic hydroxyl groups is 1. The second kappa shape index (κ2) is 7.63. The van der Waals surface area contributed by atoms with E-state index in [9.17, 15) is 9.90 Å². The summed E-state index contributed by atoms with van der Waals surface area (Å²) in [6.07, 6.45) is 0.854. The molecule has 0 bridgehead atoms. The average molecular weight is 267 g/mol. The minimum Gasteiger partial charge on any atom is -0.497 e. The van der Waals surface area contributed by atoms with Crippen molar-refractivity contribution in [3.63, 3.8) is 0 Å². The van der Waals surface area contributed by atoms with Crippen molar-refractivity contribution in [2.45, 2.75) is 25.9 Å². The van der Waals surface area contributed by atoms with E-state index in [2.05, 4.69) is 5.32 Å². The third kappa shape index (κ3) is 4.79. The number of hydrogen-bond donors (Lipinski definition) is 2. The third-order valence-electron chi connectivity index (χ3n) is 2.85. The van der Waals surface area contributed by atoms with E-state index in [-0.39, 0.29) is 12.0 Å². The van der Waals surface area contributed by atoms with Gasteiger partial charge < -0.3 is 19.9 Å². The lowest BCUT2D eigenvalue weighted by Gasteiger charge is -2.10. The third-order valence-corrected chi connectivity index (χ3v) is 2.85. The van der Waals surface area contributed by atoms with E-state index in [1.165, 1.54) is 14.2 Å². The van der Waals surface area contributed by atoms with Crippen LogP contribution < -0.4 is 14.8 Å². The minimum atomic E-state index is -0.375. The van der Waals surface area contributed by atoms with Gasteiger partial charge >= 0.3 is 0 Å². The van der Waals surface area contributed by atoms with Crippen LogP contribution in [0.5, 0.6) is 11.5 Å². The molecular weight excluding hydrogens is 246 g/mol. The Morgan fingerprint density at radius 1 is 1.26 bits per heavy atom. The van der Waals surface area contributed by atoms with E-state index in [4.69, 9.17) is 9.47 Å². The summed E-state index contributed by atoms with van der Waals surface area (Å²) in [5.41, 5.74) is 0.474. The summed E-state index contributed by atoms with van der Waals surface area (Å²) in [7, 11) is 3.07. The molecular formula is C14H21NO4. The Hall–Kier alpha value is -1.75. The van der Waals surface area contributed by atoms with Gasteiger partial charge in [-0.15, -0.1) is 0 Å². The summed E-state index contributed by atoms with van der Waals surface area (Å²) in [5.74, 6) is 0.927. The molecule has 106 valence electrons. The highest BCUT2D eigenvalue weighted by atomic mass is 16.5. The van der Waals surface area contributed by atoms with Crippen molar-refractivity contribution in [3.05, 3.63) is 23.8 Å². The Labute approximate surface area is 113 Å². The SMILES string of the molecule is CCC(O)CCNC(=O)c1cc(OC)cc(OC)c1. The maximum atomic E-state index is 11.9. The molecule has 0 spiro atoms. The molecule has 0 heterocycles. The van der Waals surface area contributed by atoms with Gasteiger partial charge in [0.25, 0.3) is 5.91 Å². The number of benzene rings is 1. The van der Waals surface area contributed by atoms with Gasteiger partial charge in [-0.1, -0.05) is 6.92 Å². The fourth-order valence-corrected chi connectivity index (χ4v) is 1.60. The molecule has 1 atom stereocenters. The topological polar surface area (TPSA) is 67.8 Å². The summed E-state index contributed by atoms with van der Waals surface area (Å²) in [4.78, 5) is 11.9. The molecule has 0 saturated carbocycles. The maximum Gasteiger partial charge on any atom is 0.251 e. The van der Waals surface area contributed by atoms with E-state index in [0.29, 0.717) is 36.4 Å². The van der Waals surface area contributed by atoms with Crippen molar-refractivity contribution in [1.82, 2.24) is 5.32 Å². The van der Waals surface area contributed by atoms with Crippen LogP contribution >= 0.6 is 0 Å². The molecule has 0 aliphatic carbocycles. The first-order valence-electron chi connectivity index (χ1n) is 6.30. The number of rotatable bonds is 7. The summed E-state index contributed by atoms with van der Waals surface area (Å²) in [6, 6.07) is 5.00.